The highest BCUT2D eigenvalue weighted by molar-refractivity contribution is 6.13. The summed E-state index contributed by atoms with van der Waals surface area (Å²) in [5.74, 6) is 0.618. The fourth-order valence-electron chi connectivity index (χ4n) is 8.43. The van der Waals surface area contributed by atoms with Gasteiger partial charge in [-0.1, -0.05) is 121 Å². The molecule has 4 heterocycles. The first-order valence-electron chi connectivity index (χ1n) is 18.5. The monoisotopic (exact) mass is 703 g/mol. The largest absolute Gasteiger partial charge is 0.456 e. The summed E-state index contributed by atoms with van der Waals surface area (Å²) in [6.45, 7) is 0. The van der Waals surface area contributed by atoms with Gasteiger partial charge in [0.05, 0.1) is 22.2 Å². The summed E-state index contributed by atoms with van der Waals surface area (Å²) >= 11 is 0. The highest BCUT2D eigenvalue weighted by Crippen LogP contribution is 2.40. The molecule has 0 fully saturated rings. The standard InChI is InChI=1S/C50H29N3O2/c1-5-16-42-38(13-1)48(39-15-9-14-37-35-11-3-8-19-46(35)55-49(37)39)52-50(51-42)53-43-17-6-2-10-34(43)40-28-32(24-26-44(40)53)30-20-22-31(23-21-30)33-25-27-47-41(29-33)36-12-4-7-18-45(36)54-47/h1-29H. The smallest absolute Gasteiger partial charge is 0.235 e. The summed E-state index contributed by atoms with van der Waals surface area (Å²) in [5, 5.41) is 7.70. The molecule has 0 atom stereocenters. The van der Waals surface area contributed by atoms with Crippen molar-refractivity contribution in [3.05, 3.63) is 176 Å². The maximum atomic E-state index is 6.50. The molecule has 5 nitrogen and oxygen atoms in total. The number of rotatable bonds is 4. The molecular formula is C50H29N3O2. The first-order valence-corrected chi connectivity index (χ1v) is 18.5. The van der Waals surface area contributed by atoms with Gasteiger partial charge in [0.25, 0.3) is 0 Å². The van der Waals surface area contributed by atoms with Crippen molar-refractivity contribution in [2.24, 2.45) is 0 Å². The SMILES string of the molecule is c1ccc2c(-c3cccc4c3oc3ccccc34)nc(-n3c4ccccc4c4cc(-c5ccc(-c6ccc7oc8ccccc8c7c6)cc5)ccc43)nc2c1. The average molecular weight is 704 g/mol. The lowest BCUT2D eigenvalue weighted by molar-refractivity contribution is 0.669. The summed E-state index contributed by atoms with van der Waals surface area (Å²) in [4.78, 5) is 10.6. The second kappa shape index (κ2) is 11.5. The van der Waals surface area contributed by atoms with Crippen LogP contribution in [0.1, 0.15) is 0 Å². The lowest BCUT2D eigenvalue weighted by Gasteiger charge is -2.12. The quantitative estimate of drug-likeness (QED) is 0.183. The number of furan rings is 2. The maximum absolute atomic E-state index is 6.50. The first-order chi connectivity index (χ1) is 27.2. The molecule has 0 aliphatic rings. The number of benzene rings is 8. The Morgan fingerprint density at radius 3 is 1.73 bits per heavy atom. The molecular weight excluding hydrogens is 675 g/mol. The van der Waals surface area contributed by atoms with Crippen LogP contribution in [0.15, 0.2) is 185 Å². The van der Waals surface area contributed by atoms with E-state index in [-0.39, 0.29) is 0 Å². The van der Waals surface area contributed by atoms with Crippen molar-refractivity contribution < 1.29 is 8.83 Å². The molecule has 0 bridgehead atoms. The number of nitrogens with zero attached hydrogens (tertiary/aromatic N) is 3. The number of para-hydroxylation sites is 5. The first kappa shape index (κ1) is 30.0. The second-order valence-electron chi connectivity index (χ2n) is 14.1. The molecule has 55 heavy (non-hydrogen) atoms. The van der Waals surface area contributed by atoms with Gasteiger partial charge in [-0.05, 0) is 76.9 Å². The zero-order valence-electron chi connectivity index (χ0n) is 29.4. The molecule has 0 aliphatic carbocycles. The average Bonchev–Trinajstić information content (AvgIpc) is 3.92. The van der Waals surface area contributed by atoms with E-state index in [1.807, 2.05) is 36.4 Å². The fourth-order valence-corrected chi connectivity index (χ4v) is 8.43. The van der Waals surface area contributed by atoms with Crippen LogP contribution in [0.2, 0.25) is 0 Å². The minimum atomic E-state index is 0.618. The molecule has 12 aromatic rings. The highest BCUT2D eigenvalue weighted by atomic mass is 16.3. The zero-order chi connectivity index (χ0) is 36.0. The van der Waals surface area contributed by atoms with Gasteiger partial charge < -0.3 is 8.83 Å². The summed E-state index contributed by atoms with van der Waals surface area (Å²) in [7, 11) is 0. The lowest BCUT2D eigenvalue weighted by Crippen LogP contribution is -2.03. The third-order valence-electron chi connectivity index (χ3n) is 11.1. The summed E-state index contributed by atoms with van der Waals surface area (Å²) in [6.07, 6.45) is 0. The van der Waals surface area contributed by atoms with Crippen LogP contribution in [0.4, 0.5) is 0 Å². The van der Waals surface area contributed by atoms with Crippen LogP contribution in [0, 0.1) is 0 Å². The molecule has 0 N–H and O–H groups in total. The maximum Gasteiger partial charge on any atom is 0.235 e. The molecule has 0 unspecified atom stereocenters. The zero-order valence-corrected chi connectivity index (χ0v) is 29.4. The molecule has 0 saturated carbocycles. The predicted molar refractivity (Wildman–Crippen MR) is 225 cm³/mol. The van der Waals surface area contributed by atoms with Gasteiger partial charge in [-0.3, -0.25) is 4.57 Å². The van der Waals surface area contributed by atoms with E-state index in [1.54, 1.807) is 0 Å². The van der Waals surface area contributed by atoms with Crippen LogP contribution in [0.5, 0.6) is 0 Å². The summed E-state index contributed by atoms with van der Waals surface area (Å²) in [6, 6.07) is 61.5. The van der Waals surface area contributed by atoms with E-state index in [0.29, 0.717) is 5.95 Å². The number of fused-ring (bicyclic) bond motifs is 10. The Morgan fingerprint density at radius 1 is 0.364 bits per heavy atom. The van der Waals surface area contributed by atoms with Crippen LogP contribution < -0.4 is 0 Å². The van der Waals surface area contributed by atoms with Crippen molar-refractivity contribution in [2.45, 2.75) is 0 Å². The van der Waals surface area contributed by atoms with Gasteiger partial charge in [-0.25, -0.2) is 9.97 Å². The predicted octanol–water partition coefficient (Wildman–Crippen LogP) is 13.5. The van der Waals surface area contributed by atoms with Crippen LogP contribution >= 0.6 is 0 Å². The minimum absolute atomic E-state index is 0.618. The molecule has 4 aromatic heterocycles. The fraction of sp³-hybridized carbons (Fsp3) is 0. The van der Waals surface area contributed by atoms with E-state index in [2.05, 4.69) is 144 Å². The van der Waals surface area contributed by atoms with Crippen molar-refractivity contribution >= 4 is 76.6 Å². The van der Waals surface area contributed by atoms with Crippen LogP contribution in [0.25, 0.3) is 116 Å². The van der Waals surface area contributed by atoms with Gasteiger partial charge in [0.2, 0.25) is 5.95 Å². The van der Waals surface area contributed by atoms with E-state index in [1.165, 1.54) is 0 Å². The number of hydrogen-bond acceptors (Lipinski definition) is 4. The second-order valence-corrected chi connectivity index (χ2v) is 14.1. The Morgan fingerprint density at radius 2 is 0.927 bits per heavy atom. The van der Waals surface area contributed by atoms with Gasteiger partial charge in [-0.2, -0.15) is 0 Å². The molecule has 256 valence electrons. The highest BCUT2D eigenvalue weighted by Gasteiger charge is 2.20. The van der Waals surface area contributed by atoms with Gasteiger partial charge in [-0.15, -0.1) is 0 Å². The Kier molecular flexibility index (Phi) is 6.27. The van der Waals surface area contributed by atoms with Crippen molar-refractivity contribution in [3.63, 3.8) is 0 Å². The van der Waals surface area contributed by atoms with Gasteiger partial charge in [0, 0.05) is 43.3 Å². The van der Waals surface area contributed by atoms with Crippen molar-refractivity contribution in [3.8, 4) is 39.5 Å². The van der Waals surface area contributed by atoms with Crippen molar-refractivity contribution in [1.29, 1.82) is 0 Å². The molecule has 0 aliphatic heterocycles. The van der Waals surface area contributed by atoms with Crippen LogP contribution in [-0.2, 0) is 0 Å². The topological polar surface area (TPSA) is 57.0 Å². The van der Waals surface area contributed by atoms with Crippen LogP contribution in [-0.4, -0.2) is 14.5 Å². The summed E-state index contributed by atoms with van der Waals surface area (Å²) in [5.41, 5.74) is 12.9. The minimum Gasteiger partial charge on any atom is -0.456 e. The third-order valence-corrected chi connectivity index (χ3v) is 11.1. The van der Waals surface area contributed by atoms with E-state index in [0.717, 1.165) is 110 Å². The molecule has 8 aromatic carbocycles. The van der Waals surface area contributed by atoms with Gasteiger partial charge >= 0.3 is 0 Å². The summed E-state index contributed by atoms with van der Waals surface area (Å²) < 4.78 is 14.8. The van der Waals surface area contributed by atoms with E-state index in [4.69, 9.17) is 18.8 Å². The Hall–Kier alpha value is -7.50. The number of aromatic nitrogens is 3. The Bertz CT molecular complexity index is 3500. The van der Waals surface area contributed by atoms with Crippen molar-refractivity contribution in [2.75, 3.05) is 0 Å². The third kappa shape index (κ3) is 4.53. The van der Waals surface area contributed by atoms with Gasteiger partial charge in [0.15, 0.2) is 0 Å². The Balaban J connectivity index is 0.993. The molecule has 0 saturated heterocycles. The van der Waals surface area contributed by atoms with Crippen molar-refractivity contribution in [1.82, 2.24) is 14.5 Å². The van der Waals surface area contributed by atoms with Crippen LogP contribution in [0.3, 0.4) is 0 Å². The van der Waals surface area contributed by atoms with E-state index < -0.39 is 0 Å². The van der Waals surface area contributed by atoms with Gasteiger partial charge in [0.1, 0.15) is 22.3 Å². The number of hydrogen-bond donors (Lipinski definition) is 0. The Labute approximate surface area is 314 Å². The molecule has 0 spiro atoms. The normalized spacial score (nSPS) is 12.0. The molecule has 12 rings (SSSR count). The molecule has 0 amide bonds. The molecule has 5 heteroatoms. The lowest BCUT2D eigenvalue weighted by atomic mass is 9.98. The molecule has 0 radical (unpaired) electrons. The van der Waals surface area contributed by atoms with E-state index >= 15 is 0 Å². The van der Waals surface area contributed by atoms with E-state index in [9.17, 15) is 0 Å².